The fourth-order valence-electron chi connectivity index (χ4n) is 2.27. The highest BCUT2D eigenvalue weighted by molar-refractivity contribution is 5.09. The topological polar surface area (TPSA) is 62.9 Å². The van der Waals surface area contributed by atoms with E-state index in [0.29, 0.717) is 0 Å². The molecule has 2 aliphatic heterocycles. The van der Waals surface area contributed by atoms with Crippen LogP contribution in [0.15, 0.2) is 0 Å². The van der Waals surface area contributed by atoms with E-state index in [1.54, 1.807) is 0 Å². The zero-order valence-electron chi connectivity index (χ0n) is 11.1. The summed E-state index contributed by atoms with van der Waals surface area (Å²) >= 11 is 0. The lowest BCUT2D eigenvalue weighted by Crippen LogP contribution is -2.29. The van der Waals surface area contributed by atoms with Gasteiger partial charge in [-0.05, 0) is 32.7 Å². The van der Waals surface area contributed by atoms with Crippen molar-refractivity contribution in [1.82, 2.24) is 10.2 Å². The Balaban J connectivity index is 0.000000191. The lowest BCUT2D eigenvalue weighted by atomic mass is 10.2. The van der Waals surface area contributed by atoms with Gasteiger partial charge in [0.1, 0.15) is 0 Å². The van der Waals surface area contributed by atoms with Crippen molar-refractivity contribution in [3.8, 4) is 36.8 Å². The number of nitrogens with one attached hydrogen (secondary N) is 1. The molecule has 0 bridgehead atoms. The highest BCUT2D eigenvalue weighted by Gasteiger charge is 2.28. The predicted molar refractivity (Wildman–Crippen MR) is 73.4 cm³/mol. The van der Waals surface area contributed by atoms with Crippen molar-refractivity contribution in [2.45, 2.75) is 49.9 Å². The van der Waals surface area contributed by atoms with Crippen LogP contribution in [0.2, 0.25) is 0 Å². The van der Waals surface area contributed by atoms with E-state index in [1.807, 2.05) is 11.9 Å². The third-order valence-electron chi connectivity index (χ3n) is 3.54. The molecule has 2 saturated heterocycles. The van der Waals surface area contributed by atoms with Crippen LogP contribution in [0.5, 0.6) is 0 Å². The van der Waals surface area contributed by atoms with Gasteiger partial charge in [-0.25, -0.2) is 0 Å². The number of nitriles is 2. The first-order valence-corrected chi connectivity index (χ1v) is 6.35. The van der Waals surface area contributed by atoms with E-state index in [1.165, 1.54) is 0 Å². The number of likely N-dealkylation sites (tertiary alicyclic amines) is 1. The van der Waals surface area contributed by atoms with Gasteiger partial charge in [0.15, 0.2) is 0 Å². The fraction of sp³-hybridized carbons (Fsp3) is 0.600. The Bertz CT molecular complexity index is 414. The molecule has 0 radical (unpaired) electrons. The van der Waals surface area contributed by atoms with E-state index in [4.69, 9.17) is 23.4 Å². The van der Waals surface area contributed by atoms with E-state index >= 15 is 0 Å². The SMILES string of the molecule is C#C[C@H]1CC[C@@H](C#N)N1.C#C[C@H]1CC[C@@H](C#N)N1C. The van der Waals surface area contributed by atoms with Crippen LogP contribution in [0.3, 0.4) is 0 Å². The summed E-state index contributed by atoms with van der Waals surface area (Å²) in [6.45, 7) is 0. The Morgan fingerprint density at radius 2 is 1.58 bits per heavy atom. The second kappa shape index (κ2) is 7.45. The minimum atomic E-state index is -0.00829. The Morgan fingerprint density at radius 3 is 1.89 bits per heavy atom. The maximum absolute atomic E-state index is 8.59. The molecule has 0 spiro atoms. The second-order valence-corrected chi connectivity index (χ2v) is 4.72. The van der Waals surface area contributed by atoms with Gasteiger partial charge in [-0.1, -0.05) is 11.8 Å². The number of nitrogens with zero attached hydrogens (tertiary/aromatic N) is 3. The standard InChI is InChI=1S/C8H10N2.C7H8N2/c1-3-7-4-5-8(6-9)10(7)2;1-2-6-3-4-7(5-8)9-6/h1,7-8H,4-5H2,2H3;1,6-7,9H,3-4H2/t7-,8-;6-,7-/m00/s1. The maximum atomic E-state index is 8.59. The smallest absolute Gasteiger partial charge is 0.0986 e. The van der Waals surface area contributed by atoms with Crippen LogP contribution in [0, 0.1) is 47.3 Å². The number of rotatable bonds is 0. The number of terminal acetylenes is 2. The average Bonchev–Trinajstić information content (AvgIpc) is 3.05. The molecule has 0 aliphatic carbocycles. The van der Waals surface area contributed by atoms with Gasteiger partial charge in [0.25, 0.3) is 0 Å². The average molecular weight is 254 g/mol. The fourth-order valence-corrected chi connectivity index (χ4v) is 2.27. The van der Waals surface area contributed by atoms with Crippen molar-refractivity contribution < 1.29 is 0 Å². The molecule has 2 rings (SSSR count). The van der Waals surface area contributed by atoms with Crippen LogP contribution in [-0.4, -0.2) is 36.1 Å². The molecule has 4 heteroatoms. The van der Waals surface area contributed by atoms with Gasteiger partial charge in [0.2, 0.25) is 0 Å². The zero-order chi connectivity index (χ0) is 14.3. The van der Waals surface area contributed by atoms with E-state index in [9.17, 15) is 0 Å². The van der Waals surface area contributed by atoms with Gasteiger partial charge in [0, 0.05) is 0 Å². The summed E-state index contributed by atoms with van der Waals surface area (Å²) in [5.74, 6) is 5.22. The van der Waals surface area contributed by atoms with E-state index in [2.05, 4.69) is 29.3 Å². The molecule has 0 aromatic heterocycles. The van der Waals surface area contributed by atoms with Crippen molar-refractivity contribution in [1.29, 1.82) is 10.5 Å². The predicted octanol–water partition coefficient (Wildman–Crippen LogP) is 0.870. The molecule has 0 aromatic rings. The van der Waals surface area contributed by atoms with Crippen LogP contribution < -0.4 is 5.32 Å². The molecule has 4 nitrogen and oxygen atoms in total. The van der Waals surface area contributed by atoms with Gasteiger partial charge in [-0.15, -0.1) is 12.8 Å². The molecular formula is C15H18N4. The lowest BCUT2D eigenvalue weighted by Gasteiger charge is -2.15. The molecular weight excluding hydrogens is 236 g/mol. The zero-order valence-corrected chi connectivity index (χ0v) is 11.1. The van der Waals surface area contributed by atoms with Crippen LogP contribution in [0.1, 0.15) is 25.7 Å². The molecule has 0 amide bonds. The Kier molecular flexibility index (Phi) is 5.92. The summed E-state index contributed by atoms with van der Waals surface area (Å²) < 4.78 is 0. The lowest BCUT2D eigenvalue weighted by molar-refractivity contribution is 0.320. The molecule has 4 atom stereocenters. The first kappa shape index (κ1) is 15.1. The van der Waals surface area contributed by atoms with Crippen molar-refractivity contribution in [3.05, 3.63) is 0 Å². The minimum Gasteiger partial charge on any atom is -0.288 e. The highest BCUT2D eigenvalue weighted by Crippen LogP contribution is 2.20. The van der Waals surface area contributed by atoms with E-state index < -0.39 is 0 Å². The van der Waals surface area contributed by atoms with Crippen molar-refractivity contribution in [3.63, 3.8) is 0 Å². The Labute approximate surface area is 115 Å². The molecule has 19 heavy (non-hydrogen) atoms. The normalized spacial score (nSPS) is 33.1. The molecule has 2 heterocycles. The summed E-state index contributed by atoms with van der Waals surface area (Å²) in [5.41, 5.74) is 0. The minimum absolute atomic E-state index is 0.00829. The molecule has 0 aromatic carbocycles. The molecule has 2 aliphatic rings. The molecule has 1 N–H and O–H groups in total. The van der Waals surface area contributed by atoms with Gasteiger partial charge >= 0.3 is 0 Å². The third kappa shape index (κ3) is 4.01. The molecule has 2 fully saturated rings. The first-order chi connectivity index (χ1) is 9.15. The monoisotopic (exact) mass is 254 g/mol. The van der Waals surface area contributed by atoms with Gasteiger partial charge in [-0.2, -0.15) is 10.5 Å². The van der Waals surface area contributed by atoms with Gasteiger partial charge < -0.3 is 0 Å². The van der Waals surface area contributed by atoms with Crippen LogP contribution in [0.4, 0.5) is 0 Å². The Morgan fingerprint density at radius 1 is 0.947 bits per heavy atom. The highest BCUT2D eigenvalue weighted by atomic mass is 15.2. The number of hydrogen-bond acceptors (Lipinski definition) is 4. The summed E-state index contributed by atoms with van der Waals surface area (Å²) in [6.07, 6.45) is 14.1. The summed E-state index contributed by atoms with van der Waals surface area (Å²) in [7, 11) is 1.91. The summed E-state index contributed by atoms with van der Waals surface area (Å²) in [5, 5.41) is 20.0. The maximum Gasteiger partial charge on any atom is 0.0986 e. The van der Waals surface area contributed by atoms with Crippen molar-refractivity contribution >= 4 is 0 Å². The first-order valence-electron chi connectivity index (χ1n) is 6.35. The molecule has 0 saturated carbocycles. The number of hydrogen-bond donors (Lipinski definition) is 1. The van der Waals surface area contributed by atoms with Gasteiger partial charge in [0.05, 0.1) is 36.3 Å². The van der Waals surface area contributed by atoms with Crippen LogP contribution in [-0.2, 0) is 0 Å². The largest absolute Gasteiger partial charge is 0.288 e. The van der Waals surface area contributed by atoms with E-state index in [-0.39, 0.29) is 24.2 Å². The third-order valence-corrected chi connectivity index (χ3v) is 3.54. The van der Waals surface area contributed by atoms with Crippen LogP contribution >= 0.6 is 0 Å². The van der Waals surface area contributed by atoms with Gasteiger partial charge in [-0.3, -0.25) is 10.2 Å². The molecule has 98 valence electrons. The summed E-state index contributed by atoms with van der Waals surface area (Å²) in [4.78, 5) is 1.96. The second-order valence-electron chi connectivity index (χ2n) is 4.72. The van der Waals surface area contributed by atoms with E-state index in [0.717, 1.165) is 25.7 Å². The summed E-state index contributed by atoms with van der Waals surface area (Å²) in [6, 6.07) is 4.68. The van der Waals surface area contributed by atoms with Crippen molar-refractivity contribution in [2.75, 3.05) is 7.05 Å². The Hall–Kier alpha value is -1.98. The molecule has 0 unspecified atom stereocenters. The van der Waals surface area contributed by atoms with Crippen LogP contribution in [0.25, 0.3) is 0 Å². The van der Waals surface area contributed by atoms with Crippen molar-refractivity contribution in [2.24, 2.45) is 0 Å². The quantitative estimate of drug-likeness (QED) is 0.652.